The number of aliphatic carboxylic acids is 1. The van der Waals surface area contributed by atoms with Crippen LogP contribution in [0.25, 0.3) is 0 Å². The number of carbonyl (C=O) groups excluding carboxylic acids is 1. The summed E-state index contributed by atoms with van der Waals surface area (Å²) in [4.78, 5) is 22.3. The number of carboxylic acid groups (broad SMARTS) is 1. The maximum atomic E-state index is 11.9. The first-order valence-corrected chi connectivity index (χ1v) is 5.76. The topological polar surface area (TPSA) is 98.7 Å². The summed E-state index contributed by atoms with van der Waals surface area (Å²) in [6, 6.07) is -0.336. The van der Waals surface area contributed by atoms with Crippen LogP contribution in [0.2, 0.25) is 0 Å². The van der Waals surface area contributed by atoms with Crippen molar-refractivity contribution in [2.24, 2.45) is 5.41 Å². The molecule has 1 fully saturated rings. The minimum atomic E-state index is -1.55. The molecule has 1 rings (SSSR count). The Labute approximate surface area is 100 Å². The fraction of sp³-hybridized carbons (Fsp3) is 0.818. The Hall–Kier alpha value is -1.14. The summed E-state index contributed by atoms with van der Waals surface area (Å²) in [7, 11) is 0. The number of amides is 1. The summed E-state index contributed by atoms with van der Waals surface area (Å²) in [6.45, 7) is 4.51. The van der Waals surface area contributed by atoms with Crippen molar-refractivity contribution in [3.8, 4) is 0 Å². The fourth-order valence-corrected chi connectivity index (χ4v) is 2.05. The van der Waals surface area contributed by atoms with Gasteiger partial charge in [-0.1, -0.05) is 13.8 Å². The minimum absolute atomic E-state index is 0.156. The first kappa shape index (κ1) is 13.9. The third-order valence-electron chi connectivity index (χ3n) is 3.14. The highest BCUT2D eigenvalue weighted by atomic mass is 16.4. The number of nitrogens with one attached hydrogen (secondary N) is 2. The third kappa shape index (κ3) is 3.67. The summed E-state index contributed by atoms with van der Waals surface area (Å²) in [5.41, 5.74) is -0.156. The smallest absolute Gasteiger partial charge is 0.334 e. The molecule has 0 aliphatic carbocycles. The maximum absolute atomic E-state index is 11.9. The third-order valence-corrected chi connectivity index (χ3v) is 3.14. The van der Waals surface area contributed by atoms with E-state index < -0.39 is 12.1 Å². The van der Waals surface area contributed by atoms with Crippen LogP contribution < -0.4 is 10.6 Å². The van der Waals surface area contributed by atoms with E-state index in [1.165, 1.54) is 0 Å². The predicted octanol–water partition coefficient (Wildman–Crippen LogP) is -0.674. The van der Waals surface area contributed by atoms with E-state index in [1.807, 2.05) is 13.8 Å². The zero-order valence-electron chi connectivity index (χ0n) is 10.2. The van der Waals surface area contributed by atoms with Crippen LogP contribution in [0.15, 0.2) is 0 Å². The number of carboxylic acids is 1. The van der Waals surface area contributed by atoms with E-state index in [-0.39, 0.29) is 23.9 Å². The molecule has 6 heteroatoms. The van der Waals surface area contributed by atoms with Gasteiger partial charge >= 0.3 is 5.97 Å². The van der Waals surface area contributed by atoms with Gasteiger partial charge in [-0.2, -0.15) is 0 Å². The van der Waals surface area contributed by atoms with Crippen molar-refractivity contribution in [3.63, 3.8) is 0 Å². The molecule has 0 aromatic carbocycles. The molecule has 17 heavy (non-hydrogen) atoms. The SMILES string of the molecule is CC1(C)CCCNC1C(=O)NC[C@H](O)C(=O)O. The molecule has 0 saturated carbocycles. The van der Waals surface area contributed by atoms with Gasteiger partial charge in [-0.3, -0.25) is 4.79 Å². The lowest BCUT2D eigenvalue weighted by Gasteiger charge is -2.38. The van der Waals surface area contributed by atoms with Gasteiger partial charge in [0.15, 0.2) is 6.10 Å². The van der Waals surface area contributed by atoms with E-state index in [4.69, 9.17) is 10.2 Å². The lowest BCUT2D eigenvalue weighted by atomic mass is 9.77. The summed E-state index contributed by atoms with van der Waals surface area (Å²) >= 11 is 0. The molecule has 4 N–H and O–H groups in total. The Kier molecular flexibility index (Phi) is 4.47. The van der Waals surface area contributed by atoms with Gasteiger partial charge in [0.05, 0.1) is 12.6 Å². The molecule has 0 bridgehead atoms. The fourth-order valence-electron chi connectivity index (χ4n) is 2.05. The number of aliphatic hydroxyl groups excluding tert-OH is 1. The van der Waals surface area contributed by atoms with E-state index in [9.17, 15) is 9.59 Å². The number of hydrogen-bond acceptors (Lipinski definition) is 4. The normalized spacial score (nSPS) is 25.0. The zero-order chi connectivity index (χ0) is 13.1. The molecule has 6 nitrogen and oxygen atoms in total. The second-order valence-electron chi connectivity index (χ2n) is 5.08. The van der Waals surface area contributed by atoms with Crippen LogP contribution in [0.1, 0.15) is 26.7 Å². The van der Waals surface area contributed by atoms with Crippen molar-refractivity contribution in [2.45, 2.75) is 38.8 Å². The molecule has 1 saturated heterocycles. The van der Waals surface area contributed by atoms with Gasteiger partial charge in [0, 0.05) is 0 Å². The molecule has 1 amide bonds. The Morgan fingerprint density at radius 2 is 2.18 bits per heavy atom. The molecule has 0 radical (unpaired) electrons. The van der Waals surface area contributed by atoms with E-state index in [0.29, 0.717) is 0 Å². The van der Waals surface area contributed by atoms with Crippen LogP contribution in [0.4, 0.5) is 0 Å². The minimum Gasteiger partial charge on any atom is -0.479 e. The highest BCUT2D eigenvalue weighted by Crippen LogP contribution is 2.29. The quantitative estimate of drug-likeness (QED) is 0.525. The van der Waals surface area contributed by atoms with Crippen molar-refractivity contribution in [2.75, 3.05) is 13.1 Å². The average Bonchev–Trinajstić information content (AvgIpc) is 2.24. The van der Waals surface area contributed by atoms with E-state index in [0.717, 1.165) is 19.4 Å². The van der Waals surface area contributed by atoms with Gasteiger partial charge in [-0.15, -0.1) is 0 Å². The number of carbonyl (C=O) groups is 2. The standard InChI is InChI=1S/C11H20N2O4/c1-11(2)4-3-5-12-8(11)9(15)13-6-7(14)10(16)17/h7-8,12,14H,3-6H2,1-2H3,(H,13,15)(H,16,17)/t7-,8?/m0/s1. The molecule has 1 unspecified atom stereocenters. The lowest BCUT2D eigenvalue weighted by Crippen LogP contribution is -2.56. The van der Waals surface area contributed by atoms with E-state index in [2.05, 4.69) is 10.6 Å². The second-order valence-corrected chi connectivity index (χ2v) is 5.08. The van der Waals surface area contributed by atoms with Gasteiger partial charge in [-0.05, 0) is 24.8 Å². The summed E-state index contributed by atoms with van der Waals surface area (Å²) < 4.78 is 0. The zero-order valence-corrected chi connectivity index (χ0v) is 10.2. The molecule has 0 aromatic heterocycles. The summed E-state index contributed by atoms with van der Waals surface area (Å²) in [5, 5.41) is 23.1. The largest absolute Gasteiger partial charge is 0.479 e. The molecule has 1 heterocycles. The van der Waals surface area contributed by atoms with E-state index in [1.54, 1.807) is 0 Å². The van der Waals surface area contributed by atoms with Gasteiger partial charge < -0.3 is 20.8 Å². The molecule has 98 valence electrons. The van der Waals surface area contributed by atoms with E-state index >= 15 is 0 Å². The van der Waals surface area contributed by atoms with Gasteiger partial charge in [0.25, 0.3) is 0 Å². The Morgan fingerprint density at radius 1 is 1.53 bits per heavy atom. The highest BCUT2D eigenvalue weighted by molar-refractivity contribution is 5.83. The van der Waals surface area contributed by atoms with Crippen LogP contribution in [0, 0.1) is 5.41 Å². The Morgan fingerprint density at radius 3 is 2.71 bits per heavy atom. The van der Waals surface area contributed by atoms with Crippen molar-refractivity contribution in [3.05, 3.63) is 0 Å². The average molecular weight is 244 g/mol. The predicted molar refractivity (Wildman–Crippen MR) is 61.5 cm³/mol. The summed E-state index contributed by atoms with van der Waals surface area (Å²) in [6.07, 6.45) is 0.416. The molecule has 2 atom stereocenters. The Bertz CT molecular complexity index is 304. The van der Waals surface area contributed by atoms with Gasteiger partial charge in [-0.25, -0.2) is 4.79 Å². The lowest BCUT2D eigenvalue weighted by molar-refractivity contribution is -0.146. The number of aliphatic hydroxyl groups is 1. The molecular weight excluding hydrogens is 224 g/mol. The maximum Gasteiger partial charge on any atom is 0.334 e. The Balaban J connectivity index is 2.49. The molecular formula is C11H20N2O4. The monoisotopic (exact) mass is 244 g/mol. The number of rotatable bonds is 4. The van der Waals surface area contributed by atoms with Crippen molar-refractivity contribution in [1.29, 1.82) is 0 Å². The van der Waals surface area contributed by atoms with Crippen LogP contribution in [0.3, 0.4) is 0 Å². The van der Waals surface area contributed by atoms with Crippen molar-refractivity contribution >= 4 is 11.9 Å². The number of piperidine rings is 1. The molecule has 0 aromatic rings. The first-order chi connectivity index (χ1) is 7.84. The highest BCUT2D eigenvalue weighted by Gasteiger charge is 2.37. The molecule has 0 spiro atoms. The molecule has 1 aliphatic heterocycles. The first-order valence-electron chi connectivity index (χ1n) is 5.76. The van der Waals surface area contributed by atoms with Crippen LogP contribution >= 0.6 is 0 Å². The van der Waals surface area contributed by atoms with Crippen LogP contribution in [-0.4, -0.2) is 47.3 Å². The molecule has 1 aliphatic rings. The van der Waals surface area contributed by atoms with Crippen LogP contribution in [0.5, 0.6) is 0 Å². The van der Waals surface area contributed by atoms with Gasteiger partial charge in [0.1, 0.15) is 0 Å². The van der Waals surface area contributed by atoms with Crippen molar-refractivity contribution in [1.82, 2.24) is 10.6 Å². The van der Waals surface area contributed by atoms with Gasteiger partial charge in [0.2, 0.25) is 5.91 Å². The number of hydrogen-bond donors (Lipinski definition) is 4. The van der Waals surface area contributed by atoms with Crippen molar-refractivity contribution < 1.29 is 19.8 Å². The second kappa shape index (κ2) is 5.46. The van der Waals surface area contributed by atoms with Crippen LogP contribution in [-0.2, 0) is 9.59 Å². The summed E-state index contributed by atoms with van der Waals surface area (Å²) in [5.74, 6) is -1.59.